The molecule has 5 N–H and O–H groups in total. The van der Waals surface area contributed by atoms with Crippen LogP contribution in [-0.4, -0.2) is 55.0 Å². The van der Waals surface area contributed by atoms with Crippen LogP contribution in [-0.2, 0) is 6.54 Å². The number of allylic oxidation sites excluding steroid dienone is 1. The molecule has 2 atom stereocenters. The topological polar surface area (TPSA) is 128 Å². The van der Waals surface area contributed by atoms with Crippen molar-refractivity contribution in [2.24, 2.45) is 10.7 Å². The van der Waals surface area contributed by atoms with Crippen LogP contribution < -0.4 is 11.5 Å². The minimum absolute atomic E-state index is 0.0874. The summed E-state index contributed by atoms with van der Waals surface area (Å²) in [7, 11) is 0. The van der Waals surface area contributed by atoms with Crippen molar-refractivity contribution in [1.82, 2.24) is 19.5 Å². The third kappa shape index (κ3) is 3.64. The van der Waals surface area contributed by atoms with E-state index in [0.29, 0.717) is 11.2 Å². The summed E-state index contributed by atoms with van der Waals surface area (Å²) < 4.78 is 55.2. The third-order valence-electron chi connectivity index (χ3n) is 5.17. The Morgan fingerprint density at radius 1 is 1.16 bits per heavy atom. The van der Waals surface area contributed by atoms with E-state index in [1.807, 2.05) is 0 Å². The lowest BCUT2D eigenvalue weighted by Gasteiger charge is -2.37. The average molecular weight is 435 g/mol. The first kappa shape index (κ1) is 20.9. The Morgan fingerprint density at radius 3 is 2.65 bits per heavy atom. The molecule has 1 aliphatic rings. The van der Waals surface area contributed by atoms with Crippen molar-refractivity contribution in [2.75, 3.05) is 12.3 Å². The van der Waals surface area contributed by atoms with Crippen LogP contribution in [0.4, 0.5) is 23.4 Å². The lowest BCUT2D eigenvalue weighted by atomic mass is 9.81. The zero-order valence-electron chi connectivity index (χ0n) is 15.9. The fraction of sp³-hybridized carbons (Fsp3) is 0.263. The first-order valence-corrected chi connectivity index (χ1v) is 9.08. The van der Waals surface area contributed by atoms with Crippen LogP contribution in [0.5, 0.6) is 0 Å². The van der Waals surface area contributed by atoms with Crippen molar-refractivity contribution in [3.63, 3.8) is 0 Å². The molecule has 162 valence electrons. The number of nitrogen functional groups attached to an aromatic ring is 1. The van der Waals surface area contributed by atoms with Crippen LogP contribution in [0.3, 0.4) is 0 Å². The molecule has 0 fully saturated rings. The van der Waals surface area contributed by atoms with Gasteiger partial charge in [0.05, 0.1) is 24.1 Å². The van der Waals surface area contributed by atoms with Gasteiger partial charge in [-0.05, 0) is 29.8 Å². The van der Waals surface area contributed by atoms with Crippen molar-refractivity contribution in [2.45, 2.75) is 24.6 Å². The molecule has 0 amide bonds. The number of rotatable bonds is 5. The molecule has 0 saturated heterocycles. The summed E-state index contributed by atoms with van der Waals surface area (Å²) in [6.07, 6.45) is -1.37. The first-order chi connectivity index (χ1) is 14.7. The number of nitrogens with zero attached hydrogens (tertiary/aromatic N) is 5. The van der Waals surface area contributed by atoms with Gasteiger partial charge in [0.15, 0.2) is 23.1 Å². The number of aromatic nitrogens is 4. The minimum atomic E-state index is -3.13. The Balaban J connectivity index is 1.79. The molecule has 0 bridgehead atoms. The monoisotopic (exact) mass is 435 g/mol. The summed E-state index contributed by atoms with van der Waals surface area (Å²) in [6, 6.07) is 3.18. The zero-order chi connectivity index (χ0) is 22.3. The molecule has 0 spiro atoms. The fourth-order valence-electron chi connectivity index (χ4n) is 3.39. The molecule has 0 radical (unpaired) electrons. The largest absolute Gasteiger partial charge is 0.385 e. The van der Waals surface area contributed by atoms with Crippen LogP contribution in [0.15, 0.2) is 47.5 Å². The molecular formula is C19H17F4N7O. The lowest BCUT2D eigenvalue weighted by Crippen LogP contribution is -2.59. The van der Waals surface area contributed by atoms with Gasteiger partial charge in [-0.2, -0.15) is 0 Å². The highest BCUT2D eigenvalue weighted by Crippen LogP contribution is 2.30. The van der Waals surface area contributed by atoms with Crippen LogP contribution in [0.1, 0.15) is 5.56 Å². The van der Waals surface area contributed by atoms with Gasteiger partial charge in [0, 0.05) is 12.1 Å². The van der Waals surface area contributed by atoms with Gasteiger partial charge in [-0.1, -0.05) is 0 Å². The number of aliphatic hydroxyl groups is 1. The van der Waals surface area contributed by atoms with E-state index >= 15 is 0 Å². The SMILES string of the molecule is Nc1ncnc2c1ncn2CC1=CC(c2ccc(F)c(F)c2)=NCC1(N)[C@@H](O)C(F)F. The highest BCUT2D eigenvalue weighted by Gasteiger charge is 2.44. The van der Waals surface area contributed by atoms with E-state index in [1.165, 1.54) is 29.4 Å². The fourth-order valence-corrected chi connectivity index (χ4v) is 3.39. The molecule has 1 aliphatic heterocycles. The molecule has 0 saturated carbocycles. The van der Waals surface area contributed by atoms with Crippen LogP contribution in [0.25, 0.3) is 11.2 Å². The van der Waals surface area contributed by atoms with E-state index in [1.54, 1.807) is 0 Å². The molecule has 1 aromatic carbocycles. The number of alkyl halides is 2. The summed E-state index contributed by atoms with van der Waals surface area (Å²) in [6.45, 7) is -0.488. The Bertz CT molecular complexity index is 1210. The highest BCUT2D eigenvalue weighted by molar-refractivity contribution is 6.09. The molecule has 3 heterocycles. The summed E-state index contributed by atoms with van der Waals surface area (Å²) in [4.78, 5) is 16.2. The maximum Gasteiger partial charge on any atom is 0.266 e. The van der Waals surface area contributed by atoms with Gasteiger partial charge in [-0.15, -0.1) is 0 Å². The number of aliphatic imine (C=N–C) groups is 1. The summed E-state index contributed by atoms with van der Waals surface area (Å²) in [5.74, 6) is -1.98. The van der Waals surface area contributed by atoms with Gasteiger partial charge >= 0.3 is 0 Å². The van der Waals surface area contributed by atoms with Crippen LogP contribution in [0.2, 0.25) is 0 Å². The van der Waals surface area contributed by atoms with Crippen molar-refractivity contribution in [1.29, 1.82) is 0 Å². The summed E-state index contributed by atoms with van der Waals surface area (Å²) in [5, 5.41) is 10.1. The Labute approximate surface area is 173 Å². The Morgan fingerprint density at radius 2 is 1.94 bits per heavy atom. The summed E-state index contributed by atoms with van der Waals surface area (Å²) >= 11 is 0. The number of anilines is 1. The van der Waals surface area contributed by atoms with Crippen molar-refractivity contribution in [3.05, 3.63) is 59.7 Å². The quantitative estimate of drug-likeness (QED) is 0.521. The van der Waals surface area contributed by atoms with Crippen molar-refractivity contribution < 1.29 is 22.7 Å². The molecule has 31 heavy (non-hydrogen) atoms. The average Bonchev–Trinajstić information content (AvgIpc) is 3.15. The van der Waals surface area contributed by atoms with Gasteiger partial charge < -0.3 is 21.1 Å². The van der Waals surface area contributed by atoms with E-state index in [9.17, 15) is 22.7 Å². The number of aliphatic hydroxyl groups excluding tert-OH is 1. The number of hydrogen-bond acceptors (Lipinski definition) is 7. The van der Waals surface area contributed by atoms with Gasteiger partial charge in [0.25, 0.3) is 6.43 Å². The number of nitrogens with two attached hydrogens (primary N) is 2. The first-order valence-electron chi connectivity index (χ1n) is 9.08. The second-order valence-corrected chi connectivity index (χ2v) is 7.12. The number of halogens is 4. The van der Waals surface area contributed by atoms with Gasteiger partial charge in [0.1, 0.15) is 17.9 Å². The molecule has 8 nitrogen and oxygen atoms in total. The van der Waals surface area contributed by atoms with Gasteiger partial charge in [0.2, 0.25) is 0 Å². The van der Waals surface area contributed by atoms with E-state index in [4.69, 9.17) is 11.5 Å². The molecule has 2 aromatic heterocycles. The molecule has 1 unspecified atom stereocenters. The minimum Gasteiger partial charge on any atom is -0.385 e. The number of imidazole rings is 1. The van der Waals surface area contributed by atoms with E-state index in [-0.39, 0.29) is 29.2 Å². The number of dihydropyridines is 1. The maximum atomic E-state index is 13.7. The van der Waals surface area contributed by atoms with E-state index in [2.05, 4.69) is 19.9 Å². The highest BCUT2D eigenvalue weighted by atomic mass is 19.3. The van der Waals surface area contributed by atoms with Crippen LogP contribution in [0, 0.1) is 11.6 Å². The lowest BCUT2D eigenvalue weighted by molar-refractivity contribution is -0.0386. The molecule has 3 aromatic rings. The Kier molecular flexibility index (Phi) is 5.19. The van der Waals surface area contributed by atoms with Crippen LogP contribution >= 0.6 is 0 Å². The molecular weight excluding hydrogens is 418 g/mol. The molecule has 4 rings (SSSR count). The maximum absolute atomic E-state index is 13.7. The second kappa shape index (κ2) is 7.71. The number of benzene rings is 1. The standard InChI is InChI=1S/C19H17F4N7O/c20-11-2-1-9(3-12(11)21)13-4-10(19(25,6-26-13)15(31)16(22)23)5-30-8-29-14-17(24)27-7-28-18(14)30/h1-4,7-8,15-16,31H,5-6,25H2,(H2,24,27,28)/t15-,19?/m0/s1. The summed E-state index contributed by atoms with van der Waals surface area (Å²) in [5.41, 5.74) is 11.3. The predicted octanol–water partition coefficient (Wildman–Crippen LogP) is 1.44. The van der Waals surface area contributed by atoms with E-state index in [0.717, 1.165) is 12.1 Å². The molecule has 12 heteroatoms. The smallest absolute Gasteiger partial charge is 0.266 e. The molecule has 0 aliphatic carbocycles. The Hall–Kier alpha value is -3.38. The second-order valence-electron chi connectivity index (χ2n) is 7.12. The predicted molar refractivity (Wildman–Crippen MR) is 105 cm³/mol. The normalized spacial score (nSPS) is 20.1. The van der Waals surface area contributed by atoms with E-state index < -0.39 is 36.2 Å². The van der Waals surface area contributed by atoms with Gasteiger partial charge in [-0.3, -0.25) is 4.99 Å². The number of fused-ring (bicyclic) bond motifs is 1. The van der Waals surface area contributed by atoms with Gasteiger partial charge in [-0.25, -0.2) is 32.5 Å². The number of hydrogen-bond donors (Lipinski definition) is 3. The van der Waals surface area contributed by atoms with Crippen molar-refractivity contribution >= 4 is 22.7 Å². The third-order valence-corrected chi connectivity index (χ3v) is 5.17. The zero-order valence-corrected chi connectivity index (χ0v) is 15.9. The van der Waals surface area contributed by atoms with Crippen molar-refractivity contribution in [3.8, 4) is 0 Å².